The van der Waals surface area contributed by atoms with Gasteiger partial charge in [-0.3, -0.25) is 0 Å². The number of halogens is 1. The molecule has 0 aliphatic carbocycles. The van der Waals surface area contributed by atoms with E-state index in [2.05, 4.69) is 22.0 Å². The van der Waals surface area contributed by atoms with Crippen LogP contribution < -0.4 is 0 Å². The van der Waals surface area contributed by atoms with Gasteiger partial charge in [-0.2, -0.15) is 0 Å². The molecule has 0 spiro atoms. The standard InChI is InChI=1S/C3H7INP/c1-3(2)6(4)5/h3H,1-2H3. The van der Waals surface area contributed by atoms with E-state index < -0.39 is 5.20 Å². The monoisotopic (exact) mass is 215 g/mol. The van der Waals surface area contributed by atoms with Gasteiger partial charge in [-0.25, -0.2) is 5.00 Å². The molecule has 0 saturated heterocycles. The molecule has 0 aromatic rings. The van der Waals surface area contributed by atoms with Gasteiger partial charge in [0.05, 0.1) is 0 Å². The van der Waals surface area contributed by atoms with Crippen LogP contribution in [0.2, 0.25) is 0 Å². The van der Waals surface area contributed by atoms with E-state index in [0.717, 1.165) is 0 Å². The maximum Gasteiger partial charge on any atom is 0.110 e. The molecule has 1 atom stereocenters. The lowest BCUT2D eigenvalue weighted by Crippen LogP contribution is -1.75. The predicted octanol–water partition coefficient (Wildman–Crippen LogP) is 2.71. The highest BCUT2D eigenvalue weighted by molar-refractivity contribution is 14.2. The third kappa shape index (κ3) is 2.95. The molecule has 0 N–H and O–H groups in total. The lowest BCUT2D eigenvalue weighted by molar-refractivity contribution is 1.11. The molecule has 36 valence electrons. The van der Waals surface area contributed by atoms with Crippen LogP contribution in [-0.2, 0) is 0 Å². The Morgan fingerprint density at radius 1 is 1.67 bits per heavy atom. The Kier molecular flexibility index (Phi) is 3.19. The molecule has 0 heterocycles. The lowest BCUT2D eigenvalue weighted by atomic mass is 10.6. The largest absolute Gasteiger partial charge is 0.233 e. The molecule has 0 radical (unpaired) electrons. The van der Waals surface area contributed by atoms with Crippen LogP contribution in [0.15, 0.2) is 0 Å². The molecule has 6 heavy (non-hydrogen) atoms. The van der Waals surface area contributed by atoms with E-state index in [4.69, 9.17) is 5.00 Å². The lowest BCUT2D eigenvalue weighted by Gasteiger charge is -1.87. The van der Waals surface area contributed by atoms with Gasteiger partial charge in [-0.1, -0.05) is 13.8 Å². The zero-order valence-electron chi connectivity index (χ0n) is 3.85. The SMILES string of the molecule is CC(C)P(#N)I. The minimum absolute atomic E-state index is 0.459. The van der Waals surface area contributed by atoms with Crippen molar-refractivity contribution in [3.05, 3.63) is 0 Å². The molecule has 0 aromatic heterocycles. The van der Waals surface area contributed by atoms with Crippen LogP contribution in [0.25, 0.3) is 0 Å². The Labute approximate surface area is 52.0 Å². The van der Waals surface area contributed by atoms with E-state index in [-0.39, 0.29) is 0 Å². The number of rotatable bonds is 0. The molecular formula is C3H7INP. The highest BCUT2D eigenvalue weighted by atomic mass is 127. The summed E-state index contributed by atoms with van der Waals surface area (Å²) < 4.78 is 0. The first kappa shape index (κ1) is 6.74. The fraction of sp³-hybridized carbons (Fsp3) is 1.00. The van der Waals surface area contributed by atoms with Crippen molar-refractivity contribution in [2.24, 2.45) is 0 Å². The predicted molar refractivity (Wildman–Crippen MR) is 37.8 cm³/mol. The van der Waals surface area contributed by atoms with Crippen molar-refractivity contribution in [1.82, 2.24) is 0 Å². The minimum atomic E-state index is -0.689. The molecule has 0 amide bonds. The molecule has 0 aliphatic rings. The second kappa shape index (κ2) is 2.84. The van der Waals surface area contributed by atoms with Crippen LogP contribution in [-0.4, -0.2) is 5.66 Å². The molecule has 0 saturated carbocycles. The van der Waals surface area contributed by atoms with Gasteiger partial charge in [-0.15, -0.1) is 0 Å². The van der Waals surface area contributed by atoms with E-state index in [1.807, 2.05) is 13.8 Å². The van der Waals surface area contributed by atoms with Gasteiger partial charge in [0.15, 0.2) is 0 Å². The highest BCUT2D eigenvalue weighted by Crippen LogP contribution is 2.32. The fourth-order valence-electron chi connectivity index (χ4n) is 0. The molecule has 0 fully saturated rings. The molecule has 0 rings (SSSR count). The average Bonchev–Trinajstić information content (AvgIpc) is 1.36. The molecule has 1 unspecified atom stereocenters. The topological polar surface area (TPSA) is 23.8 Å². The number of nitrogens with zero attached hydrogens (tertiary/aromatic N) is 1. The summed E-state index contributed by atoms with van der Waals surface area (Å²) in [6.07, 6.45) is 0. The van der Waals surface area contributed by atoms with Crippen LogP contribution >= 0.6 is 27.2 Å². The van der Waals surface area contributed by atoms with Crippen LogP contribution in [0.3, 0.4) is 0 Å². The molecule has 0 aliphatic heterocycles. The first-order chi connectivity index (χ1) is 2.64. The van der Waals surface area contributed by atoms with Gasteiger partial charge < -0.3 is 0 Å². The summed E-state index contributed by atoms with van der Waals surface area (Å²) in [5.41, 5.74) is 0.459. The van der Waals surface area contributed by atoms with E-state index >= 15 is 0 Å². The molecule has 3 heteroatoms. The van der Waals surface area contributed by atoms with Gasteiger partial charge in [0, 0.05) is 27.7 Å². The van der Waals surface area contributed by atoms with Crippen molar-refractivity contribution in [3.8, 4) is 0 Å². The maximum atomic E-state index is 8.68. The zero-order chi connectivity index (χ0) is 5.15. The van der Waals surface area contributed by atoms with Gasteiger partial charge in [0.25, 0.3) is 0 Å². The minimum Gasteiger partial charge on any atom is -0.233 e. The Hall–Kier alpha value is 0.740. The Morgan fingerprint density at radius 3 is 1.83 bits per heavy atom. The van der Waals surface area contributed by atoms with Crippen molar-refractivity contribution >= 4 is 27.2 Å². The van der Waals surface area contributed by atoms with Crippen molar-refractivity contribution in [1.29, 1.82) is 5.00 Å². The maximum absolute atomic E-state index is 8.68. The van der Waals surface area contributed by atoms with Crippen LogP contribution in [0.5, 0.6) is 0 Å². The van der Waals surface area contributed by atoms with Gasteiger partial charge in [-0.05, 0) is 0 Å². The van der Waals surface area contributed by atoms with Crippen molar-refractivity contribution in [3.63, 3.8) is 0 Å². The van der Waals surface area contributed by atoms with E-state index in [1.165, 1.54) is 0 Å². The summed E-state index contributed by atoms with van der Waals surface area (Å²) in [5.74, 6) is 0. The summed E-state index contributed by atoms with van der Waals surface area (Å²) in [4.78, 5) is 0. The third-order valence-electron chi connectivity index (χ3n) is 0.426. The van der Waals surface area contributed by atoms with Crippen molar-refractivity contribution < 1.29 is 0 Å². The van der Waals surface area contributed by atoms with Crippen LogP contribution in [0.1, 0.15) is 13.8 Å². The second-order valence-corrected chi connectivity index (χ2v) is 5.96. The van der Waals surface area contributed by atoms with Crippen LogP contribution in [0, 0.1) is 5.00 Å². The van der Waals surface area contributed by atoms with Gasteiger partial charge in [0.2, 0.25) is 0 Å². The number of hydrogen-bond acceptors (Lipinski definition) is 1. The molecule has 0 bridgehead atoms. The Morgan fingerprint density at radius 2 is 1.83 bits per heavy atom. The zero-order valence-corrected chi connectivity index (χ0v) is 6.90. The Bertz CT molecular complexity index is 90.7. The van der Waals surface area contributed by atoms with E-state index in [1.54, 1.807) is 0 Å². The molecular weight excluding hydrogens is 208 g/mol. The summed E-state index contributed by atoms with van der Waals surface area (Å²) in [6.45, 7) is 4.02. The van der Waals surface area contributed by atoms with E-state index in [9.17, 15) is 0 Å². The smallest absolute Gasteiger partial charge is 0.110 e. The summed E-state index contributed by atoms with van der Waals surface area (Å²) >= 11 is 2.05. The van der Waals surface area contributed by atoms with E-state index in [0.29, 0.717) is 5.66 Å². The molecule has 1 nitrogen and oxygen atoms in total. The first-order valence-corrected chi connectivity index (χ1v) is 5.93. The fourth-order valence-corrected chi connectivity index (χ4v) is 0. The normalized spacial score (nSPS) is 12.2. The third-order valence-corrected chi connectivity index (χ3v) is 4.62. The quantitative estimate of drug-likeness (QED) is 0.450. The first-order valence-electron chi connectivity index (χ1n) is 1.78. The molecule has 0 aromatic carbocycles. The van der Waals surface area contributed by atoms with Crippen molar-refractivity contribution in [2.75, 3.05) is 0 Å². The van der Waals surface area contributed by atoms with Gasteiger partial charge in [0.1, 0.15) is 5.20 Å². The van der Waals surface area contributed by atoms with Crippen LogP contribution in [0.4, 0.5) is 0 Å². The summed E-state index contributed by atoms with van der Waals surface area (Å²) in [6, 6.07) is 0. The Balaban J connectivity index is 3.36. The highest BCUT2D eigenvalue weighted by Gasteiger charge is 1.92. The average molecular weight is 215 g/mol. The number of hydrogen-bond donors (Lipinski definition) is 0. The summed E-state index contributed by atoms with van der Waals surface area (Å²) in [7, 11) is 0. The summed E-state index contributed by atoms with van der Waals surface area (Å²) in [5, 5.41) is 7.99. The van der Waals surface area contributed by atoms with Crippen molar-refractivity contribution in [2.45, 2.75) is 19.5 Å². The second-order valence-electron chi connectivity index (χ2n) is 1.38. The van der Waals surface area contributed by atoms with Gasteiger partial charge >= 0.3 is 0 Å².